The molecule has 42 heavy (non-hydrogen) atoms. The van der Waals surface area contributed by atoms with Crippen LogP contribution in [0.15, 0.2) is 24.3 Å². The Balaban J connectivity index is 3.49. The number of unbranched alkanes of at least 4 members (excludes halogenated alkanes) is 14. The molecule has 10 heteroatoms. The van der Waals surface area contributed by atoms with Crippen LogP contribution in [-0.2, 0) is 27.9 Å². The maximum Gasteiger partial charge on any atom is 0.472 e. The zero-order valence-corrected chi connectivity index (χ0v) is 27.3. The molecule has 0 radical (unpaired) electrons. The van der Waals surface area contributed by atoms with E-state index >= 15 is 0 Å². The number of ether oxygens (including phenoxy) is 1. The fourth-order valence-corrected chi connectivity index (χ4v) is 4.90. The van der Waals surface area contributed by atoms with Gasteiger partial charge < -0.3 is 20.1 Å². The molecule has 0 aromatic carbocycles. The fourth-order valence-electron chi connectivity index (χ4n) is 4.14. The van der Waals surface area contributed by atoms with Crippen molar-refractivity contribution in [1.82, 2.24) is 5.32 Å². The van der Waals surface area contributed by atoms with Gasteiger partial charge in [0.15, 0.2) is 0 Å². The largest absolute Gasteiger partial charge is 0.472 e. The number of allylic oxidation sites excluding steroid dienone is 4. The number of carbonyl (C=O) groups is 2. The van der Waals surface area contributed by atoms with E-state index in [4.69, 9.17) is 13.8 Å². The highest BCUT2D eigenvalue weighted by Crippen LogP contribution is 2.42. The summed E-state index contributed by atoms with van der Waals surface area (Å²) < 4.78 is 26.2. The summed E-state index contributed by atoms with van der Waals surface area (Å²) in [5.41, 5.74) is 0. The van der Waals surface area contributed by atoms with Crippen molar-refractivity contribution < 1.29 is 37.9 Å². The molecule has 0 aromatic rings. The lowest BCUT2D eigenvalue weighted by Crippen LogP contribution is -2.26. The SMILES string of the molecule is CCCCC/C=C\C/C=C\CCCCCCCCCCCCCC(=O)OCC(O)COP(=O)(O)OCCNC(=O)CC. The minimum atomic E-state index is -4.37. The number of hydrogen-bond donors (Lipinski definition) is 3. The van der Waals surface area contributed by atoms with Crippen LogP contribution in [0, 0.1) is 0 Å². The molecule has 0 bridgehead atoms. The van der Waals surface area contributed by atoms with E-state index in [1.165, 1.54) is 83.5 Å². The summed E-state index contributed by atoms with van der Waals surface area (Å²) >= 11 is 0. The second-order valence-corrected chi connectivity index (χ2v) is 12.2. The van der Waals surface area contributed by atoms with E-state index in [1.807, 2.05) is 0 Å². The van der Waals surface area contributed by atoms with Crippen LogP contribution in [0.5, 0.6) is 0 Å². The Kier molecular flexibility index (Phi) is 28.5. The van der Waals surface area contributed by atoms with Crippen molar-refractivity contribution >= 4 is 19.7 Å². The van der Waals surface area contributed by atoms with Crippen molar-refractivity contribution in [3.8, 4) is 0 Å². The molecule has 0 aliphatic carbocycles. The lowest BCUT2D eigenvalue weighted by molar-refractivity contribution is -0.147. The molecule has 0 rings (SSSR count). The lowest BCUT2D eigenvalue weighted by atomic mass is 10.0. The Morgan fingerprint density at radius 2 is 1.31 bits per heavy atom. The molecule has 2 unspecified atom stereocenters. The van der Waals surface area contributed by atoms with Crippen LogP contribution in [0.3, 0.4) is 0 Å². The molecule has 3 N–H and O–H groups in total. The molecular weight excluding hydrogens is 557 g/mol. The van der Waals surface area contributed by atoms with Gasteiger partial charge in [0.05, 0.1) is 13.2 Å². The molecule has 0 aliphatic rings. The molecule has 0 heterocycles. The Hall–Kier alpha value is -1.51. The van der Waals surface area contributed by atoms with Gasteiger partial charge in [0, 0.05) is 19.4 Å². The second-order valence-electron chi connectivity index (χ2n) is 10.7. The topological polar surface area (TPSA) is 131 Å². The van der Waals surface area contributed by atoms with Gasteiger partial charge >= 0.3 is 13.8 Å². The van der Waals surface area contributed by atoms with Gasteiger partial charge in [-0.3, -0.25) is 18.6 Å². The summed E-state index contributed by atoms with van der Waals surface area (Å²) in [4.78, 5) is 32.5. The number of phosphoric acid groups is 1. The van der Waals surface area contributed by atoms with E-state index in [0.717, 1.165) is 25.7 Å². The van der Waals surface area contributed by atoms with Gasteiger partial charge in [0.2, 0.25) is 5.91 Å². The molecule has 9 nitrogen and oxygen atoms in total. The van der Waals surface area contributed by atoms with E-state index in [2.05, 4.69) is 36.5 Å². The highest BCUT2D eigenvalue weighted by molar-refractivity contribution is 7.47. The predicted molar refractivity (Wildman–Crippen MR) is 169 cm³/mol. The van der Waals surface area contributed by atoms with Crippen molar-refractivity contribution in [2.75, 3.05) is 26.4 Å². The quantitative estimate of drug-likeness (QED) is 0.0323. The van der Waals surface area contributed by atoms with E-state index < -0.39 is 26.5 Å². The summed E-state index contributed by atoms with van der Waals surface area (Å²) in [7, 11) is -4.37. The van der Waals surface area contributed by atoms with Crippen molar-refractivity contribution in [3.05, 3.63) is 24.3 Å². The maximum absolute atomic E-state index is 11.9. The number of rotatable bonds is 30. The number of hydrogen-bond acceptors (Lipinski definition) is 7. The highest BCUT2D eigenvalue weighted by atomic mass is 31.2. The van der Waals surface area contributed by atoms with E-state index in [0.29, 0.717) is 6.42 Å². The van der Waals surface area contributed by atoms with Crippen LogP contribution in [0.1, 0.15) is 136 Å². The third-order valence-corrected chi connectivity index (χ3v) is 7.68. The molecular formula is C32H60NO8P. The van der Waals surface area contributed by atoms with Crippen molar-refractivity contribution in [3.63, 3.8) is 0 Å². The Bertz CT molecular complexity index is 759. The van der Waals surface area contributed by atoms with Crippen molar-refractivity contribution in [1.29, 1.82) is 0 Å². The van der Waals surface area contributed by atoms with E-state index in [9.17, 15) is 24.2 Å². The first-order valence-corrected chi connectivity index (χ1v) is 17.8. The first-order valence-electron chi connectivity index (χ1n) is 16.3. The normalized spacial score (nSPS) is 13.9. The summed E-state index contributed by atoms with van der Waals surface area (Å²) in [5.74, 6) is -0.610. The lowest BCUT2D eigenvalue weighted by Gasteiger charge is -2.15. The number of aliphatic hydroxyl groups is 1. The smallest absolute Gasteiger partial charge is 0.463 e. The molecule has 0 saturated carbocycles. The Morgan fingerprint density at radius 3 is 1.88 bits per heavy atom. The molecule has 246 valence electrons. The van der Waals surface area contributed by atoms with E-state index in [-0.39, 0.29) is 32.1 Å². The standard InChI is InChI=1S/C32H60NO8P/c1-3-5-6-7-8-9-10-11-12-13-14-15-16-17-18-19-20-21-22-23-24-25-32(36)39-28-30(34)29-41-42(37,38)40-27-26-33-31(35)4-2/h8-9,11-12,30,34H,3-7,10,13-29H2,1-2H3,(H,33,35)(H,37,38)/b9-8-,12-11-. The maximum atomic E-state index is 11.9. The number of carbonyl (C=O) groups excluding carboxylic acids is 2. The van der Waals surface area contributed by atoms with Gasteiger partial charge in [-0.25, -0.2) is 4.57 Å². The van der Waals surface area contributed by atoms with Gasteiger partial charge in [-0.1, -0.05) is 109 Å². The minimum Gasteiger partial charge on any atom is -0.463 e. The van der Waals surface area contributed by atoms with Crippen LogP contribution in [-0.4, -0.2) is 54.3 Å². The third kappa shape index (κ3) is 30.0. The summed E-state index contributed by atoms with van der Waals surface area (Å²) in [5, 5.41) is 12.3. The number of aliphatic hydroxyl groups excluding tert-OH is 1. The van der Waals surface area contributed by atoms with Crippen molar-refractivity contribution in [2.24, 2.45) is 0 Å². The minimum absolute atomic E-state index is 0.0667. The van der Waals surface area contributed by atoms with Gasteiger partial charge in [0.25, 0.3) is 0 Å². The van der Waals surface area contributed by atoms with Crippen LogP contribution in [0.25, 0.3) is 0 Å². The van der Waals surface area contributed by atoms with E-state index in [1.54, 1.807) is 6.92 Å². The van der Waals surface area contributed by atoms with Crippen molar-refractivity contribution in [2.45, 2.75) is 142 Å². The summed E-state index contributed by atoms with van der Waals surface area (Å²) in [6, 6.07) is 0. The zero-order chi connectivity index (χ0) is 31.2. The van der Waals surface area contributed by atoms with Crippen LogP contribution < -0.4 is 5.32 Å². The monoisotopic (exact) mass is 617 g/mol. The van der Waals surface area contributed by atoms with Gasteiger partial charge in [-0.05, 0) is 38.5 Å². The van der Waals surface area contributed by atoms with Crippen LogP contribution >= 0.6 is 7.82 Å². The second kappa shape index (κ2) is 29.6. The van der Waals surface area contributed by atoms with Crippen LogP contribution in [0.4, 0.5) is 0 Å². The fraction of sp³-hybridized carbons (Fsp3) is 0.812. The van der Waals surface area contributed by atoms with Gasteiger partial charge in [-0.15, -0.1) is 0 Å². The van der Waals surface area contributed by atoms with Crippen LogP contribution in [0.2, 0.25) is 0 Å². The highest BCUT2D eigenvalue weighted by Gasteiger charge is 2.23. The first kappa shape index (κ1) is 40.5. The molecule has 2 atom stereocenters. The first-order chi connectivity index (χ1) is 20.3. The molecule has 0 aliphatic heterocycles. The molecule has 0 spiro atoms. The summed E-state index contributed by atoms with van der Waals surface area (Å²) in [6.45, 7) is 2.95. The number of esters is 1. The zero-order valence-electron chi connectivity index (χ0n) is 26.4. The average Bonchev–Trinajstić information content (AvgIpc) is 2.97. The number of amides is 1. The average molecular weight is 618 g/mol. The third-order valence-electron chi connectivity index (χ3n) is 6.70. The molecule has 0 saturated heterocycles. The number of phosphoric ester groups is 1. The molecule has 0 fully saturated rings. The predicted octanol–water partition coefficient (Wildman–Crippen LogP) is 7.70. The Morgan fingerprint density at radius 1 is 0.762 bits per heavy atom. The van der Waals surface area contributed by atoms with Gasteiger partial charge in [0.1, 0.15) is 12.7 Å². The van der Waals surface area contributed by atoms with Gasteiger partial charge in [-0.2, -0.15) is 0 Å². The number of nitrogens with one attached hydrogen (secondary N) is 1. The molecule has 1 amide bonds. The Labute approximate surface area is 255 Å². The summed E-state index contributed by atoms with van der Waals surface area (Å²) in [6.07, 6.45) is 29.0. The molecule has 0 aromatic heterocycles.